The zero-order valence-corrected chi connectivity index (χ0v) is 11.5. The molecule has 1 aromatic carbocycles. The van der Waals surface area contributed by atoms with Crippen LogP contribution >= 0.6 is 0 Å². The van der Waals surface area contributed by atoms with E-state index in [2.05, 4.69) is 10.2 Å². The van der Waals surface area contributed by atoms with Gasteiger partial charge in [0.15, 0.2) is 5.69 Å². The van der Waals surface area contributed by atoms with Crippen LogP contribution in [0.2, 0.25) is 0 Å². The fourth-order valence-corrected chi connectivity index (χ4v) is 2.15. The third-order valence-corrected chi connectivity index (χ3v) is 3.08. The molecule has 0 amide bonds. The highest BCUT2D eigenvalue weighted by molar-refractivity contribution is 5.94. The molecule has 0 unspecified atom stereocenters. The number of carbonyl (C=O) groups is 1. The Kier molecular flexibility index (Phi) is 3.65. The number of nitrogens with one attached hydrogen (secondary N) is 2. The summed E-state index contributed by atoms with van der Waals surface area (Å²) < 4.78 is 5.49. The molecule has 6 heteroatoms. The zero-order chi connectivity index (χ0) is 14.9. The Balaban J connectivity index is 2.65. The molecule has 1 heterocycles. The van der Waals surface area contributed by atoms with Gasteiger partial charge in [-0.05, 0) is 49.6 Å². The molecule has 2 rings (SSSR count). The Morgan fingerprint density at radius 3 is 2.55 bits per heavy atom. The second-order valence-corrected chi connectivity index (χ2v) is 4.50. The van der Waals surface area contributed by atoms with Crippen molar-refractivity contribution in [3.05, 3.63) is 39.3 Å². The molecule has 0 fully saturated rings. The second-order valence-electron chi connectivity index (χ2n) is 4.50. The first-order valence-electron chi connectivity index (χ1n) is 6.24. The summed E-state index contributed by atoms with van der Waals surface area (Å²) in [5.74, 6) is -0.443. The van der Waals surface area contributed by atoms with Gasteiger partial charge in [-0.25, -0.2) is 4.79 Å². The lowest BCUT2D eigenvalue weighted by Crippen LogP contribution is -2.07. The lowest BCUT2D eigenvalue weighted by molar-refractivity contribution is 0.0691. The summed E-state index contributed by atoms with van der Waals surface area (Å²) in [7, 11) is 0. The summed E-state index contributed by atoms with van der Waals surface area (Å²) in [5.41, 5.74) is 1.78. The van der Waals surface area contributed by atoms with E-state index in [-0.39, 0.29) is 11.3 Å². The number of ether oxygens (including phenoxy) is 1. The van der Waals surface area contributed by atoms with Crippen molar-refractivity contribution in [2.45, 2.75) is 20.8 Å². The summed E-state index contributed by atoms with van der Waals surface area (Å²) in [6, 6.07) is 3.58. The van der Waals surface area contributed by atoms with E-state index in [9.17, 15) is 9.59 Å². The molecule has 0 saturated carbocycles. The van der Waals surface area contributed by atoms with Crippen LogP contribution in [0.5, 0.6) is 5.75 Å². The summed E-state index contributed by atoms with van der Waals surface area (Å²) in [6.45, 7) is 6.11. The van der Waals surface area contributed by atoms with Gasteiger partial charge in [0.05, 0.1) is 12.2 Å². The van der Waals surface area contributed by atoms with Crippen molar-refractivity contribution >= 4 is 5.97 Å². The number of aromatic amines is 2. The van der Waals surface area contributed by atoms with Crippen LogP contribution < -0.4 is 10.3 Å². The highest BCUT2D eigenvalue weighted by Gasteiger charge is 2.20. The maximum Gasteiger partial charge on any atom is 0.354 e. The first-order valence-corrected chi connectivity index (χ1v) is 6.24. The summed E-state index contributed by atoms with van der Waals surface area (Å²) in [5, 5.41) is 13.8. The fourth-order valence-electron chi connectivity index (χ4n) is 2.15. The van der Waals surface area contributed by atoms with Gasteiger partial charge in [0.2, 0.25) is 0 Å². The molecule has 0 aliphatic carbocycles. The Labute approximate surface area is 115 Å². The molecular weight excluding hydrogens is 260 g/mol. The molecule has 0 aliphatic heterocycles. The SMILES string of the molecule is CCOc1cc(C)c(-c2c(C(=O)O)[nH][nH]c2=O)cc1C. The van der Waals surface area contributed by atoms with E-state index < -0.39 is 11.5 Å². The van der Waals surface area contributed by atoms with Gasteiger partial charge < -0.3 is 9.84 Å². The van der Waals surface area contributed by atoms with Gasteiger partial charge in [-0.3, -0.25) is 15.0 Å². The molecule has 0 spiro atoms. The van der Waals surface area contributed by atoms with Crippen LogP contribution in [-0.2, 0) is 0 Å². The van der Waals surface area contributed by atoms with E-state index in [1.165, 1.54) is 0 Å². The first kappa shape index (κ1) is 13.9. The smallest absolute Gasteiger partial charge is 0.354 e. The van der Waals surface area contributed by atoms with Gasteiger partial charge in [0, 0.05) is 0 Å². The van der Waals surface area contributed by atoms with Crippen LogP contribution in [-0.4, -0.2) is 27.9 Å². The topological polar surface area (TPSA) is 95.2 Å². The number of aryl methyl sites for hydroxylation is 2. The van der Waals surface area contributed by atoms with E-state index in [1.54, 1.807) is 6.07 Å². The summed E-state index contributed by atoms with van der Waals surface area (Å²) in [6.07, 6.45) is 0. The molecule has 0 saturated heterocycles. The van der Waals surface area contributed by atoms with Gasteiger partial charge in [-0.1, -0.05) is 0 Å². The van der Waals surface area contributed by atoms with Crippen molar-refractivity contribution in [2.75, 3.05) is 6.61 Å². The molecule has 0 radical (unpaired) electrons. The normalized spacial score (nSPS) is 10.6. The van der Waals surface area contributed by atoms with Crippen molar-refractivity contribution in [3.8, 4) is 16.9 Å². The minimum absolute atomic E-state index is 0.137. The van der Waals surface area contributed by atoms with E-state index in [0.717, 1.165) is 16.9 Å². The van der Waals surface area contributed by atoms with Crippen LogP contribution in [0.25, 0.3) is 11.1 Å². The van der Waals surface area contributed by atoms with E-state index >= 15 is 0 Å². The van der Waals surface area contributed by atoms with Gasteiger partial charge in [-0.2, -0.15) is 0 Å². The number of hydrogen-bond donors (Lipinski definition) is 3. The molecule has 106 valence electrons. The van der Waals surface area contributed by atoms with Gasteiger partial charge in [0.25, 0.3) is 5.56 Å². The van der Waals surface area contributed by atoms with Crippen molar-refractivity contribution in [1.82, 2.24) is 10.2 Å². The Morgan fingerprint density at radius 2 is 1.95 bits per heavy atom. The molecule has 20 heavy (non-hydrogen) atoms. The number of hydrogen-bond acceptors (Lipinski definition) is 3. The quantitative estimate of drug-likeness (QED) is 0.796. The fraction of sp³-hybridized carbons (Fsp3) is 0.286. The van der Waals surface area contributed by atoms with Crippen molar-refractivity contribution in [2.24, 2.45) is 0 Å². The molecule has 3 N–H and O–H groups in total. The number of carboxylic acids is 1. The monoisotopic (exact) mass is 276 g/mol. The number of aromatic carboxylic acids is 1. The van der Waals surface area contributed by atoms with Gasteiger partial charge >= 0.3 is 5.97 Å². The Hall–Kier alpha value is -2.50. The third kappa shape index (κ3) is 2.32. The Morgan fingerprint density at radius 1 is 1.25 bits per heavy atom. The van der Waals surface area contributed by atoms with Crippen molar-refractivity contribution < 1.29 is 14.6 Å². The number of carboxylic acid groups (broad SMARTS) is 1. The molecular formula is C14H16N2O4. The highest BCUT2D eigenvalue weighted by Crippen LogP contribution is 2.29. The zero-order valence-electron chi connectivity index (χ0n) is 11.5. The first-order chi connectivity index (χ1) is 9.45. The maximum absolute atomic E-state index is 11.8. The van der Waals surface area contributed by atoms with Crippen molar-refractivity contribution in [3.63, 3.8) is 0 Å². The minimum atomic E-state index is -1.18. The summed E-state index contributed by atoms with van der Waals surface area (Å²) >= 11 is 0. The molecule has 0 aliphatic rings. The van der Waals surface area contributed by atoms with E-state index in [4.69, 9.17) is 9.84 Å². The largest absolute Gasteiger partial charge is 0.494 e. The number of H-pyrrole nitrogens is 2. The molecule has 1 aromatic heterocycles. The molecule has 0 atom stereocenters. The second kappa shape index (κ2) is 5.24. The van der Waals surface area contributed by atoms with E-state index in [1.807, 2.05) is 26.8 Å². The van der Waals surface area contributed by atoms with Crippen LogP contribution in [0, 0.1) is 13.8 Å². The molecule has 2 aromatic rings. The Bertz CT molecular complexity index is 712. The maximum atomic E-state index is 11.8. The average Bonchev–Trinajstić information content (AvgIpc) is 2.76. The molecule has 6 nitrogen and oxygen atoms in total. The predicted molar refractivity (Wildman–Crippen MR) is 74.5 cm³/mol. The number of benzene rings is 1. The van der Waals surface area contributed by atoms with Crippen LogP contribution in [0.15, 0.2) is 16.9 Å². The minimum Gasteiger partial charge on any atom is -0.494 e. The summed E-state index contributed by atoms with van der Waals surface area (Å²) in [4.78, 5) is 23.0. The van der Waals surface area contributed by atoms with Crippen LogP contribution in [0.1, 0.15) is 28.5 Å². The number of aromatic nitrogens is 2. The lowest BCUT2D eigenvalue weighted by Gasteiger charge is -2.11. The van der Waals surface area contributed by atoms with Crippen molar-refractivity contribution in [1.29, 1.82) is 0 Å². The van der Waals surface area contributed by atoms with Gasteiger partial charge in [-0.15, -0.1) is 0 Å². The standard InChI is InChI=1S/C14H16N2O4/c1-4-20-10-6-7(2)9(5-8(10)3)11-12(14(18)19)15-16-13(11)17/h5-6H,4H2,1-3H3,(H,18,19)(H2,15,16,17). The lowest BCUT2D eigenvalue weighted by atomic mass is 9.98. The third-order valence-electron chi connectivity index (χ3n) is 3.08. The van der Waals surface area contributed by atoms with Crippen LogP contribution in [0.4, 0.5) is 0 Å². The predicted octanol–water partition coefficient (Wildman–Crippen LogP) is 2.08. The van der Waals surface area contributed by atoms with Crippen LogP contribution in [0.3, 0.4) is 0 Å². The van der Waals surface area contributed by atoms with E-state index in [0.29, 0.717) is 12.2 Å². The highest BCUT2D eigenvalue weighted by atomic mass is 16.5. The molecule has 0 bridgehead atoms. The number of rotatable bonds is 4. The van der Waals surface area contributed by atoms with Gasteiger partial charge in [0.1, 0.15) is 5.75 Å². The average molecular weight is 276 g/mol.